The summed E-state index contributed by atoms with van der Waals surface area (Å²) in [5.74, 6) is -1.04. The number of rotatable bonds is 6. The minimum absolute atomic E-state index is 0.0303. The summed E-state index contributed by atoms with van der Waals surface area (Å²) in [5, 5.41) is 8.94. The maximum atomic E-state index is 12.2. The van der Waals surface area contributed by atoms with E-state index in [0.717, 1.165) is 0 Å². The minimum atomic E-state index is -3.85. The van der Waals surface area contributed by atoms with Gasteiger partial charge in [-0.2, -0.15) is 5.10 Å². The van der Waals surface area contributed by atoms with E-state index in [4.69, 9.17) is 0 Å². The molecule has 0 bridgehead atoms. The second-order valence-electron chi connectivity index (χ2n) is 5.20. The second kappa shape index (κ2) is 7.45. The molecule has 25 heavy (non-hydrogen) atoms. The number of ether oxygens (including phenoxy) is 1. The number of aromatic nitrogens is 2. The van der Waals surface area contributed by atoms with E-state index < -0.39 is 28.4 Å². The largest absolute Gasteiger partial charge is 0.465 e. The number of amides is 1. The number of esters is 1. The molecule has 0 radical (unpaired) electrons. The lowest BCUT2D eigenvalue weighted by atomic mass is 10.2. The third-order valence-electron chi connectivity index (χ3n) is 3.34. The van der Waals surface area contributed by atoms with Crippen molar-refractivity contribution in [1.29, 1.82) is 0 Å². The normalized spacial score (nSPS) is 11.2. The van der Waals surface area contributed by atoms with Gasteiger partial charge in [-0.25, -0.2) is 17.9 Å². The van der Waals surface area contributed by atoms with Crippen LogP contribution < -0.4 is 10.0 Å². The van der Waals surface area contributed by atoms with Crippen molar-refractivity contribution in [3.05, 3.63) is 41.2 Å². The van der Waals surface area contributed by atoms with Crippen LogP contribution in [-0.2, 0) is 19.6 Å². The molecule has 0 spiro atoms. The van der Waals surface area contributed by atoms with Crippen molar-refractivity contribution in [2.45, 2.75) is 18.7 Å². The van der Waals surface area contributed by atoms with Crippen molar-refractivity contribution in [2.24, 2.45) is 0 Å². The molecule has 134 valence electrons. The molecule has 0 saturated carbocycles. The van der Waals surface area contributed by atoms with Crippen LogP contribution in [0.15, 0.2) is 29.2 Å². The molecule has 1 amide bonds. The monoisotopic (exact) mass is 366 g/mol. The van der Waals surface area contributed by atoms with Crippen molar-refractivity contribution < 1.29 is 22.7 Å². The van der Waals surface area contributed by atoms with Gasteiger partial charge in [0.1, 0.15) is 4.90 Å². The fourth-order valence-corrected chi connectivity index (χ4v) is 3.53. The number of nitrogens with one attached hydrogen (secondary N) is 3. The Balaban J connectivity index is 1.98. The molecule has 0 unspecified atom stereocenters. The highest BCUT2D eigenvalue weighted by Gasteiger charge is 2.22. The molecule has 2 aromatic rings. The summed E-state index contributed by atoms with van der Waals surface area (Å²) < 4.78 is 31.3. The Morgan fingerprint density at radius 3 is 2.36 bits per heavy atom. The van der Waals surface area contributed by atoms with Gasteiger partial charge < -0.3 is 10.1 Å². The van der Waals surface area contributed by atoms with E-state index in [1.54, 1.807) is 13.8 Å². The Hall–Kier alpha value is -2.72. The van der Waals surface area contributed by atoms with Crippen LogP contribution in [-0.4, -0.2) is 44.1 Å². The smallest absolute Gasteiger partial charge is 0.337 e. The number of benzene rings is 1. The van der Waals surface area contributed by atoms with Gasteiger partial charge in [-0.3, -0.25) is 9.89 Å². The van der Waals surface area contributed by atoms with Crippen molar-refractivity contribution in [3.63, 3.8) is 0 Å². The van der Waals surface area contributed by atoms with Gasteiger partial charge in [0.2, 0.25) is 15.9 Å². The maximum Gasteiger partial charge on any atom is 0.337 e. The Morgan fingerprint density at radius 2 is 1.84 bits per heavy atom. The number of anilines is 1. The number of methoxy groups -OCH3 is 1. The average molecular weight is 366 g/mol. The van der Waals surface area contributed by atoms with E-state index in [9.17, 15) is 18.0 Å². The quantitative estimate of drug-likeness (QED) is 0.646. The van der Waals surface area contributed by atoms with E-state index in [1.807, 2.05) is 0 Å². The van der Waals surface area contributed by atoms with Gasteiger partial charge in [0.05, 0.1) is 30.6 Å². The Bertz CT molecular complexity index is 868. The van der Waals surface area contributed by atoms with E-state index in [2.05, 4.69) is 25.0 Å². The molecule has 0 aliphatic heterocycles. The summed E-state index contributed by atoms with van der Waals surface area (Å²) in [6.45, 7) is 2.70. The Morgan fingerprint density at radius 1 is 1.20 bits per heavy atom. The molecule has 0 atom stereocenters. The first-order chi connectivity index (χ1) is 11.7. The van der Waals surface area contributed by atoms with Gasteiger partial charge in [-0.05, 0) is 38.1 Å². The first-order valence-electron chi connectivity index (χ1n) is 7.24. The van der Waals surface area contributed by atoms with E-state index in [0.29, 0.717) is 22.6 Å². The SMILES string of the molecule is COC(=O)c1ccc(NC(=O)CNS(=O)(=O)c2c(C)n[nH]c2C)cc1. The highest BCUT2D eigenvalue weighted by atomic mass is 32.2. The van der Waals surface area contributed by atoms with Gasteiger partial charge in [0, 0.05) is 5.69 Å². The lowest BCUT2D eigenvalue weighted by molar-refractivity contribution is -0.115. The Labute approximate surface area is 144 Å². The van der Waals surface area contributed by atoms with Crippen LogP contribution in [0, 0.1) is 13.8 Å². The zero-order chi connectivity index (χ0) is 18.6. The van der Waals surface area contributed by atoms with Gasteiger partial charge in [-0.15, -0.1) is 0 Å². The zero-order valence-electron chi connectivity index (χ0n) is 13.9. The molecule has 0 aliphatic rings. The molecule has 0 aliphatic carbocycles. The lowest BCUT2D eigenvalue weighted by Gasteiger charge is -2.08. The number of aromatic amines is 1. The number of sulfonamides is 1. The van der Waals surface area contributed by atoms with Crippen LogP contribution in [0.3, 0.4) is 0 Å². The topological polar surface area (TPSA) is 130 Å². The van der Waals surface area contributed by atoms with Crippen molar-refractivity contribution in [2.75, 3.05) is 19.0 Å². The van der Waals surface area contributed by atoms with Crippen LogP contribution in [0.25, 0.3) is 0 Å². The number of nitrogens with zero attached hydrogens (tertiary/aromatic N) is 1. The van der Waals surface area contributed by atoms with Gasteiger partial charge in [-0.1, -0.05) is 0 Å². The third-order valence-corrected chi connectivity index (χ3v) is 5.01. The molecule has 2 rings (SSSR count). The molecule has 10 heteroatoms. The van der Waals surface area contributed by atoms with Crippen LogP contribution >= 0.6 is 0 Å². The average Bonchev–Trinajstić information content (AvgIpc) is 2.92. The number of aryl methyl sites for hydroxylation is 2. The minimum Gasteiger partial charge on any atom is -0.465 e. The number of hydrogen-bond acceptors (Lipinski definition) is 6. The number of H-pyrrole nitrogens is 1. The highest BCUT2D eigenvalue weighted by molar-refractivity contribution is 7.89. The second-order valence-corrected chi connectivity index (χ2v) is 6.91. The molecule has 0 fully saturated rings. The summed E-state index contributed by atoms with van der Waals surface area (Å²) >= 11 is 0. The fraction of sp³-hybridized carbons (Fsp3) is 0.267. The van der Waals surface area contributed by atoms with Gasteiger partial charge >= 0.3 is 5.97 Å². The third kappa shape index (κ3) is 4.43. The standard InChI is InChI=1S/C15H18N4O5S/c1-9-14(10(2)19-18-9)25(22,23)16-8-13(20)17-12-6-4-11(5-7-12)15(21)24-3/h4-7,16H,8H2,1-3H3,(H,17,20)(H,18,19). The Kier molecular flexibility index (Phi) is 5.55. The van der Waals surface area contributed by atoms with Gasteiger partial charge in [0.25, 0.3) is 0 Å². The van der Waals surface area contributed by atoms with E-state index in [-0.39, 0.29) is 4.90 Å². The fourth-order valence-electron chi connectivity index (χ4n) is 2.18. The molecular weight excluding hydrogens is 348 g/mol. The van der Waals surface area contributed by atoms with Crippen molar-refractivity contribution >= 4 is 27.6 Å². The predicted octanol–water partition coefficient (Wildman–Crippen LogP) is 0.730. The van der Waals surface area contributed by atoms with Gasteiger partial charge in [0.15, 0.2) is 0 Å². The molecule has 1 heterocycles. The highest BCUT2D eigenvalue weighted by Crippen LogP contribution is 2.16. The van der Waals surface area contributed by atoms with Crippen molar-refractivity contribution in [3.8, 4) is 0 Å². The summed E-state index contributed by atoms with van der Waals surface area (Å²) in [6.07, 6.45) is 0. The number of carbonyl (C=O) groups is 2. The van der Waals surface area contributed by atoms with Crippen LogP contribution in [0.4, 0.5) is 5.69 Å². The molecule has 9 nitrogen and oxygen atoms in total. The molecule has 1 aromatic carbocycles. The summed E-state index contributed by atoms with van der Waals surface area (Å²) in [5.41, 5.74) is 1.48. The summed E-state index contributed by atoms with van der Waals surface area (Å²) in [6, 6.07) is 6.01. The van der Waals surface area contributed by atoms with Crippen LogP contribution in [0.2, 0.25) is 0 Å². The number of hydrogen-bond donors (Lipinski definition) is 3. The number of carbonyl (C=O) groups excluding carboxylic acids is 2. The first-order valence-corrected chi connectivity index (χ1v) is 8.72. The van der Waals surface area contributed by atoms with E-state index >= 15 is 0 Å². The molecule has 1 aromatic heterocycles. The van der Waals surface area contributed by atoms with Crippen LogP contribution in [0.1, 0.15) is 21.7 Å². The molecular formula is C15H18N4O5S. The summed E-state index contributed by atoms with van der Waals surface area (Å²) in [4.78, 5) is 23.3. The van der Waals surface area contributed by atoms with Crippen LogP contribution in [0.5, 0.6) is 0 Å². The van der Waals surface area contributed by atoms with Crippen molar-refractivity contribution in [1.82, 2.24) is 14.9 Å². The maximum absolute atomic E-state index is 12.2. The van der Waals surface area contributed by atoms with E-state index in [1.165, 1.54) is 31.4 Å². The summed E-state index contributed by atoms with van der Waals surface area (Å²) in [7, 11) is -2.58. The zero-order valence-corrected chi connectivity index (χ0v) is 14.7. The molecule has 3 N–H and O–H groups in total. The predicted molar refractivity (Wildman–Crippen MR) is 89.7 cm³/mol. The molecule has 0 saturated heterocycles. The first kappa shape index (κ1) is 18.6. The lowest BCUT2D eigenvalue weighted by Crippen LogP contribution is -2.33.